The molecular formula is C50H37F9O9S4. The molecule has 0 radical (unpaired) electrons. The zero-order valence-corrected chi connectivity index (χ0v) is 39.7. The van der Waals surface area contributed by atoms with E-state index < -0.39 is 96.1 Å². The lowest BCUT2D eigenvalue weighted by molar-refractivity contribution is -0.382. The van der Waals surface area contributed by atoms with Crippen LogP contribution in [0.15, 0.2) is 241 Å². The Kier molecular flexibility index (Phi) is 14.8. The van der Waals surface area contributed by atoms with Crippen LogP contribution in [0.5, 0.6) is 17.2 Å². The molecule has 0 aromatic heterocycles. The predicted molar refractivity (Wildman–Crippen MR) is 252 cm³/mol. The van der Waals surface area contributed by atoms with Gasteiger partial charge in [0, 0.05) is 34.8 Å². The lowest BCUT2D eigenvalue weighted by Gasteiger charge is -2.41. The number of halogens is 9. The van der Waals surface area contributed by atoms with Crippen LogP contribution in [0.4, 0.5) is 39.5 Å². The molecule has 0 aliphatic rings. The topological polar surface area (TPSA) is 147 Å². The Morgan fingerprint density at radius 2 is 0.667 bits per heavy atom. The van der Waals surface area contributed by atoms with Gasteiger partial charge in [0.15, 0.2) is 0 Å². The average Bonchev–Trinajstić information content (AvgIpc) is 3.36. The Morgan fingerprint density at radius 1 is 0.347 bits per heavy atom. The van der Waals surface area contributed by atoms with E-state index in [0.29, 0.717) is 5.39 Å². The maximum Gasteiger partial charge on any atom is 0.460 e. The molecule has 72 heavy (non-hydrogen) atoms. The smallest absolute Gasteiger partial charge is 0.460 e. The summed E-state index contributed by atoms with van der Waals surface area (Å²) >= 11 is 0. The second kappa shape index (κ2) is 20.1. The van der Waals surface area contributed by atoms with Crippen LogP contribution in [0.1, 0.15) is 0 Å². The van der Waals surface area contributed by atoms with Crippen molar-refractivity contribution in [3.63, 3.8) is 0 Å². The molecule has 22 heteroatoms. The third-order valence-corrected chi connectivity index (χ3v) is 21.0. The first-order valence-electron chi connectivity index (χ1n) is 20.6. The summed E-state index contributed by atoms with van der Waals surface area (Å²) in [7, 11) is -18.5. The number of aromatic hydroxyl groups is 3. The number of hydrogen-bond donors (Lipinski definition) is 3. The first kappa shape index (κ1) is 53.1. The summed E-state index contributed by atoms with van der Waals surface area (Å²) in [5, 5.41) is 23.3. The lowest BCUT2D eigenvalue weighted by Crippen LogP contribution is -2.63. The van der Waals surface area contributed by atoms with E-state index in [0.717, 1.165) is 92.9 Å². The van der Waals surface area contributed by atoms with Gasteiger partial charge in [-0.3, -0.25) is 0 Å². The minimum absolute atomic E-state index is 0.167. The van der Waals surface area contributed by atoms with E-state index in [2.05, 4.69) is 3.63 Å². The van der Waals surface area contributed by atoms with Gasteiger partial charge in [-0.1, -0.05) is 91.0 Å². The summed E-state index contributed by atoms with van der Waals surface area (Å²) < 4.78 is 187. The van der Waals surface area contributed by atoms with Gasteiger partial charge in [-0.05, 0) is 141 Å². The summed E-state index contributed by atoms with van der Waals surface area (Å²) in [5.74, 6) is -16.5. The molecule has 0 spiro atoms. The van der Waals surface area contributed by atoms with E-state index in [-0.39, 0.29) is 4.90 Å². The third-order valence-electron chi connectivity index (χ3n) is 10.6. The first-order chi connectivity index (χ1) is 33.8. The molecule has 8 rings (SSSR count). The molecule has 8 aromatic rings. The van der Waals surface area contributed by atoms with Crippen molar-refractivity contribution in [2.75, 3.05) is 0 Å². The second-order valence-corrected chi connectivity index (χ2v) is 24.1. The highest BCUT2D eigenvalue weighted by Crippen LogP contribution is 2.72. The van der Waals surface area contributed by atoms with Crippen LogP contribution in [0.25, 0.3) is 10.8 Å². The summed E-state index contributed by atoms with van der Waals surface area (Å²) in [6.07, 6.45) is -7.29. The molecular weight excluding hydrogens is 1040 g/mol. The summed E-state index contributed by atoms with van der Waals surface area (Å²) in [5.41, 5.74) is 0. The standard InChI is InChI=1S/C28H22O3S2.C22H15F9O6S2/c29-33(30,28-22-12-14-23-13-10-11-21-27(23)28)31-32(24-15-4-1-5-16-24,25-17-6-2-7-18-25)26-19-8-3-9-20-26;23-19(24,21(27,28)29)20(25,26)22(30,31)39(35,36)37-38(16-7-1-13(32)2-8-16,17-9-3-14(33)4-10-17)18-11-5-15(34)6-12-18/h1-22H;1-12,32-34H. The number of fused-ring (bicyclic) bond motifs is 1. The van der Waals surface area contributed by atoms with Gasteiger partial charge in [-0.2, -0.15) is 56.3 Å². The SMILES string of the molecule is O=S(=O)(OS(c1ccc(O)cc1)(c1ccc(O)cc1)c1ccc(O)cc1)C(F)(F)C(F)(F)C(F)(F)C(F)(F)F.O=S(=O)(OS(c1ccccc1)(c1ccccc1)c1ccccc1)c1cccc2ccccc12. The molecule has 0 amide bonds. The van der Waals surface area contributed by atoms with Crippen LogP contribution in [-0.2, 0) is 27.5 Å². The Hall–Kier alpha value is -6.69. The molecule has 0 aliphatic heterocycles. The van der Waals surface area contributed by atoms with E-state index in [4.69, 9.17) is 3.63 Å². The van der Waals surface area contributed by atoms with Crippen molar-refractivity contribution in [1.29, 1.82) is 0 Å². The number of phenolic OH excluding ortho intramolecular Hbond substituents is 3. The van der Waals surface area contributed by atoms with Crippen molar-refractivity contribution in [2.24, 2.45) is 0 Å². The maximum atomic E-state index is 14.7. The summed E-state index contributed by atoms with van der Waals surface area (Å²) in [6.45, 7) is 0. The maximum absolute atomic E-state index is 14.7. The molecule has 0 heterocycles. The minimum atomic E-state index is -7.55. The van der Waals surface area contributed by atoms with Crippen LogP contribution in [0, 0.1) is 0 Å². The van der Waals surface area contributed by atoms with E-state index in [1.807, 2.05) is 121 Å². The van der Waals surface area contributed by atoms with E-state index >= 15 is 0 Å². The molecule has 0 fully saturated rings. The minimum Gasteiger partial charge on any atom is -0.508 e. The van der Waals surface area contributed by atoms with Crippen molar-refractivity contribution in [2.45, 2.75) is 57.5 Å². The molecule has 0 saturated carbocycles. The number of phenols is 3. The molecule has 0 aliphatic carbocycles. The van der Waals surface area contributed by atoms with Gasteiger partial charge in [-0.15, -0.1) is 0 Å². The van der Waals surface area contributed by atoms with Crippen molar-refractivity contribution in [1.82, 2.24) is 0 Å². The molecule has 0 atom stereocenters. The fourth-order valence-corrected chi connectivity index (χ4v) is 17.7. The molecule has 3 N–H and O–H groups in total. The third kappa shape index (κ3) is 9.81. The molecule has 378 valence electrons. The number of alkyl halides is 9. The summed E-state index contributed by atoms with van der Waals surface area (Å²) in [4.78, 5) is 1.23. The van der Waals surface area contributed by atoms with Crippen LogP contribution in [0.3, 0.4) is 0 Å². The zero-order valence-electron chi connectivity index (χ0n) is 36.5. The van der Waals surface area contributed by atoms with Crippen LogP contribution < -0.4 is 0 Å². The first-order valence-corrected chi connectivity index (χ1v) is 26.5. The number of rotatable bonds is 14. The number of benzene rings is 8. The Morgan fingerprint density at radius 3 is 1.04 bits per heavy atom. The Bertz CT molecular complexity index is 3160. The second-order valence-electron chi connectivity index (χ2n) is 15.2. The van der Waals surface area contributed by atoms with Gasteiger partial charge in [-0.25, -0.2) is 7.26 Å². The monoisotopic (exact) mass is 1080 g/mol. The predicted octanol–water partition coefficient (Wildman–Crippen LogP) is 14.2. The fourth-order valence-electron chi connectivity index (χ4n) is 7.08. The zero-order chi connectivity index (χ0) is 52.4. The van der Waals surface area contributed by atoms with E-state index in [1.54, 1.807) is 12.1 Å². The highest BCUT2D eigenvalue weighted by molar-refractivity contribution is 8.33. The normalized spacial score (nSPS) is 13.5. The van der Waals surface area contributed by atoms with Gasteiger partial charge >= 0.3 is 43.5 Å². The average molecular weight is 1080 g/mol. The molecule has 0 unspecified atom stereocenters. The van der Waals surface area contributed by atoms with Crippen LogP contribution >= 0.6 is 20.6 Å². The van der Waals surface area contributed by atoms with E-state index in [1.165, 1.54) is 0 Å². The van der Waals surface area contributed by atoms with Crippen molar-refractivity contribution in [3.05, 3.63) is 206 Å². The van der Waals surface area contributed by atoms with Crippen LogP contribution in [-0.4, -0.2) is 55.4 Å². The van der Waals surface area contributed by atoms with Gasteiger partial charge < -0.3 is 15.3 Å². The quantitative estimate of drug-likeness (QED) is 0.0905. The summed E-state index contributed by atoms with van der Waals surface area (Å²) in [6, 6.07) is 52.3. The highest BCUT2D eigenvalue weighted by Gasteiger charge is 2.86. The molecule has 0 saturated heterocycles. The van der Waals surface area contributed by atoms with Crippen molar-refractivity contribution >= 4 is 51.6 Å². The molecule has 9 nitrogen and oxygen atoms in total. The molecule has 8 aromatic carbocycles. The fraction of sp³-hybridized carbons (Fsp3) is 0.0800. The molecule has 0 bridgehead atoms. The van der Waals surface area contributed by atoms with Crippen molar-refractivity contribution < 1.29 is 78.9 Å². The van der Waals surface area contributed by atoms with Gasteiger partial charge in [0.05, 0.1) is 0 Å². The largest absolute Gasteiger partial charge is 0.508 e. The lowest BCUT2D eigenvalue weighted by atomic mass is 10.1. The van der Waals surface area contributed by atoms with Gasteiger partial charge in [0.1, 0.15) is 22.1 Å². The number of hydrogen-bond acceptors (Lipinski definition) is 9. The van der Waals surface area contributed by atoms with Crippen LogP contribution in [0.2, 0.25) is 0 Å². The Labute approximate surface area is 409 Å². The Balaban J connectivity index is 0.000000214. The van der Waals surface area contributed by atoms with Gasteiger partial charge in [0.2, 0.25) is 0 Å². The highest BCUT2D eigenvalue weighted by atomic mass is 32.3. The van der Waals surface area contributed by atoms with Crippen molar-refractivity contribution in [3.8, 4) is 17.2 Å². The van der Waals surface area contributed by atoms with Gasteiger partial charge in [0.25, 0.3) is 0 Å². The van der Waals surface area contributed by atoms with E-state index in [9.17, 15) is 71.7 Å².